The third kappa shape index (κ3) is 3.63. The molecule has 196 valence electrons. The number of nitrogens with zero attached hydrogens (tertiary/aromatic N) is 2. The molecular formula is C38H28N2O. The lowest BCUT2D eigenvalue weighted by Crippen LogP contribution is -2.15. The van der Waals surface area contributed by atoms with Crippen LogP contribution in [0.5, 0.6) is 0 Å². The summed E-state index contributed by atoms with van der Waals surface area (Å²) in [6, 6.07) is 47.0. The Balaban J connectivity index is 1.42. The molecule has 3 nitrogen and oxygen atoms in total. The largest absolute Gasteiger partial charge is 0.435 e. The van der Waals surface area contributed by atoms with Crippen molar-refractivity contribution in [3.05, 3.63) is 145 Å². The molecule has 3 heteroatoms. The molecule has 1 aliphatic rings. The molecule has 0 aliphatic heterocycles. The van der Waals surface area contributed by atoms with Crippen molar-refractivity contribution in [1.29, 1.82) is 0 Å². The van der Waals surface area contributed by atoms with Gasteiger partial charge in [-0.1, -0.05) is 105 Å². The van der Waals surface area contributed by atoms with Gasteiger partial charge in [-0.25, -0.2) is 4.98 Å². The van der Waals surface area contributed by atoms with Gasteiger partial charge in [0.05, 0.1) is 5.69 Å². The van der Waals surface area contributed by atoms with Crippen LogP contribution in [0.2, 0.25) is 0 Å². The first-order chi connectivity index (χ1) is 20.1. The third-order valence-electron chi connectivity index (χ3n) is 8.47. The minimum absolute atomic E-state index is 0.0467. The van der Waals surface area contributed by atoms with Crippen LogP contribution >= 0.6 is 0 Å². The predicted octanol–water partition coefficient (Wildman–Crippen LogP) is 10.4. The van der Waals surface area contributed by atoms with Gasteiger partial charge in [-0.2, -0.15) is 0 Å². The quantitative estimate of drug-likeness (QED) is 0.228. The summed E-state index contributed by atoms with van der Waals surface area (Å²) in [4.78, 5) is 7.45. The molecule has 0 bridgehead atoms. The van der Waals surface area contributed by atoms with E-state index in [2.05, 4.69) is 122 Å². The summed E-state index contributed by atoms with van der Waals surface area (Å²) in [5, 5.41) is 2.16. The fourth-order valence-corrected chi connectivity index (χ4v) is 6.45. The average Bonchev–Trinajstić information content (AvgIpc) is 3.57. The predicted molar refractivity (Wildman–Crippen MR) is 169 cm³/mol. The Morgan fingerprint density at radius 2 is 1.29 bits per heavy atom. The minimum atomic E-state index is -0.0467. The highest BCUT2D eigenvalue weighted by molar-refractivity contribution is 6.11. The van der Waals surface area contributed by atoms with E-state index in [0.29, 0.717) is 5.89 Å². The van der Waals surface area contributed by atoms with Crippen molar-refractivity contribution < 1.29 is 4.42 Å². The van der Waals surface area contributed by atoms with Gasteiger partial charge in [-0.15, -0.1) is 0 Å². The Morgan fingerprint density at radius 1 is 0.610 bits per heavy atom. The molecule has 0 N–H and O–H groups in total. The van der Waals surface area contributed by atoms with Crippen LogP contribution < -0.4 is 4.90 Å². The lowest BCUT2D eigenvalue weighted by molar-refractivity contribution is 0.623. The number of rotatable bonds is 4. The second-order valence-electron chi connectivity index (χ2n) is 11.3. The third-order valence-corrected chi connectivity index (χ3v) is 8.47. The van der Waals surface area contributed by atoms with Gasteiger partial charge in [0.25, 0.3) is 0 Å². The summed E-state index contributed by atoms with van der Waals surface area (Å²) in [5.74, 6) is 0.621. The number of oxazole rings is 1. The van der Waals surface area contributed by atoms with Crippen LogP contribution in [0.15, 0.2) is 138 Å². The molecule has 1 aromatic heterocycles. The zero-order valence-corrected chi connectivity index (χ0v) is 23.0. The van der Waals surface area contributed by atoms with Crippen molar-refractivity contribution in [2.24, 2.45) is 0 Å². The first-order valence-corrected chi connectivity index (χ1v) is 14.1. The summed E-state index contributed by atoms with van der Waals surface area (Å²) < 4.78 is 6.54. The molecule has 0 amide bonds. The Morgan fingerprint density at radius 3 is 2.12 bits per heavy atom. The Hall–Kier alpha value is -5.15. The molecule has 7 aromatic rings. The smallest absolute Gasteiger partial charge is 0.227 e. The van der Waals surface area contributed by atoms with Crippen LogP contribution in [0.4, 0.5) is 17.1 Å². The van der Waals surface area contributed by atoms with Gasteiger partial charge in [0, 0.05) is 27.7 Å². The zero-order valence-electron chi connectivity index (χ0n) is 23.0. The molecule has 0 unspecified atom stereocenters. The van der Waals surface area contributed by atoms with E-state index in [-0.39, 0.29) is 5.41 Å². The summed E-state index contributed by atoms with van der Waals surface area (Å²) in [5.41, 5.74) is 11.0. The van der Waals surface area contributed by atoms with E-state index in [0.717, 1.165) is 44.5 Å². The Bertz CT molecular complexity index is 2070. The topological polar surface area (TPSA) is 29.3 Å². The standard InChI is InChI=1S/C38H28N2O/c1-38(2)32-20-12-11-19-30(32)31-24-28(21-22-33(31)38)40(27-16-7-4-8-17-27)34-23-26-15-9-10-18-29(26)36-35(34)39-37(41-36)25-13-5-3-6-14-25/h3-24H,1-2H3. The highest BCUT2D eigenvalue weighted by Crippen LogP contribution is 2.51. The van der Waals surface area contributed by atoms with Crippen LogP contribution in [0.3, 0.4) is 0 Å². The van der Waals surface area contributed by atoms with Crippen LogP contribution in [0.25, 0.3) is 44.5 Å². The monoisotopic (exact) mass is 528 g/mol. The lowest BCUT2D eigenvalue weighted by Gasteiger charge is -2.27. The van der Waals surface area contributed by atoms with Gasteiger partial charge in [-0.05, 0) is 70.1 Å². The van der Waals surface area contributed by atoms with Crippen molar-refractivity contribution in [3.8, 4) is 22.6 Å². The number of para-hydroxylation sites is 1. The van der Waals surface area contributed by atoms with E-state index in [1.807, 2.05) is 30.3 Å². The SMILES string of the molecule is CC1(C)c2ccccc2-c2cc(N(c3ccccc3)c3cc4ccccc4c4oc(-c5ccccc5)nc34)ccc21. The maximum absolute atomic E-state index is 6.54. The van der Waals surface area contributed by atoms with Crippen LogP contribution in [0, 0.1) is 0 Å². The highest BCUT2D eigenvalue weighted by Gasteiger charge is 2.35. The van der Waals surface area contributed by atoms with Crippen LogP contribution in [-0.4, -0.2) is 4.98 Å². The number of aromatic nitrogens is 1. The fourth-order valence-electron chi connectivity index (χ4n) is 6.45. The molecule has 0 saturated heterocycles. The summed E-state index contributed by atoms with van der Waals surface area (Å²) in [7, 11) is 0. The van der Waals surface area contributed by atoms with E-state index < -0.39 is 0 Å². The number of anilines is 3. The maximum atomic E-state index is 6.54. The van der Waals surface area contributed by atoms with Gasteiger partial charge in [0.1, 0.15) is 5.52 Å². The molecule has 0 saturated carbocycles. The van der Waals surface area contributed by atoms with Gasteiger partial charge < -0.3 is 9.32 Å². The first kappa shape index (κ1) is 23.7. The molecule has 0 spiro atoms. The number of fused-ring (bicyclic) bond motifs is 6. The molecule has 0 atom stereocenters. The van der Waals surface area contributed by atoms with E-state index in [1.54, 1.807) is 0 Å². The van der Waals surface area contributed by atoms with Crippen molar-refractivity contribution in [1.82, 2.24) is 4.98 Å². The summed E-state index contributed by atoms with van der Waals surface area (Å²) in [6.45, 7) is 4.64. The van der Waals surface area contributed by atoms with Crippen molar-refractivity contribution >= 4 is 38.9 Å². The van der Waals surface area contributed by atoms with E-state index >= 15 is 0 Å². The fraction of sp³-hybridized carbons (Fsp3) is 0.0789. The molecule has 41 heavy (non-hydrogen) atoms. The molecule has 1 aliphatic carbocycles. The Labute approximate surface area is 239 Å². The van der Waals surface area contributed by atoms with Gasteiger partial charge in [0.15, 0.2) is 5.58 Å². The minimum Gasteiger partial charge on any atom is -0.435 e. The first-order valence-electron chi connectivity index (χ1n) is 14.1. The second kappa shape index (κ2) is 8.94. The average molecular weight is 529 g/mol. The zero-order chi connectivity index (χ0) is 27.6. The Kier molecular flexibility index (Phi) is 5.17. The molecule has 0 fully saturated rings. The van der Waals surface area contributed by atoms with E-state index in [9.17, 15) is 0 Å². The molecule has 0 radical (unpaired) electrons. The lowest BCUT2D eigenvalue weighted by atomic mass is 9.82. The summed E-state index contributed by atoms with van der Waals surface area (Å²) >= 11 is 0. The van der Waals surface area contributed by atoms with E-state index in [4.69, 9.17) is 9.40 Å². The number of hydrogen-bond acceptors (Lipinski definition) is 3. The van der Waals surface area contributed by atoms with Gasteiger partial charge >= 0.3 is 0 Å². The normalized spacial score (nSPS) is 13.3. The summed E-state index contributed by atoms with van der Waals surface area (Å²) in [6.07, 6.45) is 0. The van der Waals surface area contributed by atoms with Crippen LogP contribution in [-0.2, 0) is 5.41 Å². The van der Waals surface area contributed by atoms with Crippen LogP contribution in [0.1, 0.15) is 25.0 Å². The van der Waals surface area contributed by atoms with Crippen molar-refractivity contribution in [2.45, 2.75) is 19.3 Å². The number of hydrogen-bond donors (Lipinski definition) is 0. The van der Waals surface area contributed by atoms with E-state index in [1.165, 1.54) is 22.3 Å². The molecule has 6 aromatic carbocycles. The van der Waals surface area contributed by atoms with Crippen molar-refractivity contribution in [2.75, 3.05) is 4.90 Å². The second-order valence-corrected chi connectivity index (χ2v) is 11.3. The van der Waals surface area contributed by atoms with Gasteiger partial charge in [-0.3, -0.25) is 0 Å². The molecular weight excluding hydrogens is 500 g/mol. The molecule has 8 rings (SSSR count). The number of benzene rings is 6. The van der Waals surface area contributed by atoms with Crippen molar-refractivity contribution in [3.63, 3.8) is 0 Å². The van der Waals surface area contributed by atoms with Gasteiger partial charge in [0.2, 0.25) is 5.89 Å². The highest BCUT2D eigenvalue weighted by atomic mass is 16.3. The maximum Gasteiger partial charge on any atom is 0.227 e. The molecule has 1 heterocycles.